The maximum absolute atomic E-state index is 13.6. The monoisotopic (exact) mass is 371 g/mol. The molecule has 136 valence electrons. The highest BCUT2D eigenvalue weighted by Gasteiger charge is 2.14. The van der Waals surface area contributed by atoms with Gasteiger partial charge in [0.05, 0.1) is 16.8 Å². The Bertz CT molecular complexity index is 1020. The number of nitrogens with one attached hydrogen (secondary N) is 2. The predicted octanol–water partition coefficient (Wildman–Crippen LogP) is 4.00. The first-order chi connectivity index (χ1) is 12.9. The average Bonchev–Trinajstić information content (AvgIpc) is 2.66. The number of aromatic nitrogens is 1. The number of anilines is 2. The third-order valence-corrected chi connectivity index (χ3v) is 3.56. The van der Waals surface area contributed by atoms with E-state index in [1.54, 1.807) is 6.07 Å². The van der Waals surface area contributed by atoms with Gasteiger partial charge < -0.3 is 10.6 Å². The Kier molecular flexibility index (Phi) is 5.16. The second-order valence-corrected chi connectivity index (χ2v) is 5.48. The molecule has 8 heteroatoms. The first-order valence-corrected chi connectivity index (χ1v) is 7.71. The number of pyridine rings is 1. The highest BCUT2D eigenvalue weighted by atomic mass is 19.2. The van der Waals surface area contributed by atoms with Gasteiger partial charge in [-0.15, -0.1) is 0 Å². The van der Waals surface area contributed by atoms with Crippen LogP contribution in [0.15, 0.2) is 60.9 Å². The number of carbonyl (C=O) groups is 2. The van der Waals surface area contributed by atoms with Crippen molar-refractivity contribution in [3.05, 3.63) is 89.5 Å². The summed E-state index contributed by atoms with van der Waals surface area (Å²) in [4.78, 5) is 28.3. The van der Waals surface area contributed by atoms with E-state index >= 15 is 0 Å². The normalized spacial score (nSPS) is 10.3. The van der Waals surface area contributed by atoms with Crippen molar-refractivity contribution in [2.75, 3.05) is 10.6 Å². The van der Waals surface area contributed by atoms with Crippen LogP contribution in [-0.4, -0.2) is 16.8 Å². The lowest BCUT2D eigenvalue weighted by molar-refractivity contribution is 0.102. The summed E-state index contributed by atoms with van der Waals surface area (Å²) in [5.41, 5.74) is 0.0661. The second kappa shape index (κ2) is 7.69. The van der Waals surface area contributed by atoms with Gasteiger partial charge in [-0.2, -0.15) is 0 Å². The van der Waals surface area contributed by atoms with E-state index < -0.39 is 29.3 Å². The summed E-state index contributed by atoms with van der Waals surface area (Å²) in [5.74, 6) is -4.08. The minimum atomic E-state index is -1.11. The van der Waals surface area contributed by atoms with Gasteiger partial charge in [0.1, 0.15) is 5.82 Å². The highest BCUT2D eigenvalue weighted by Crippen LogP contribution is 2.16. The van der Waals surface area contributed by atoms with Crippen molar-refractivity contribution in [2.45, 2.75) is 0 Å². The number of hydrogen-bond donors (Lipinski definition) is 2. The molecule has 2 N–H and O–H groups in total. The molecule has 0 saturated carbocycles. The van der Waals surface area contributed by atoms with E-state index in [0.717, 1.165) is 12.1 Å². The predicted molar refractivity (Wildman–Crippen MR) is 92.9 cm³/mol. The third kappa shape index (κ3) is 4.30. The second-order valence-electron chi connectivity index (χ2n) is 5.48. The minimum absolute atomic E-state index is 0.0147. The fourth-order valence-electron chi connectivity index (χ4n) is 2.22. The topological polar surface area (TPSA) is 71.1 Å². The molecule has 27 heavy (non-hydrogen) atoms. The molecule has 0 aliphatic heterocycles. The van der Waals surface area contributed by atoms with Gasteiger partial charge in [-0.3, -0.25) is 14.6 Å². The van der Waals surface area contributed by atoms with Crippen LogP contribution in [0.1, 0.15) is 20.7 Å². The van der Waals surface area contributed by atoms with Crippen LogP contribution in [0.2, 0.25) is 0 Å². The number of hydrogen-bond acceptors (Lipinski definition) is 3. The molecule has 0 atom stereocenters. The number of halogens is 3. The van der Waals surface area contributed by atoms with Crippen LogP contribution in [0.5, 0.6) is 0 Å². The smallest absolute Gasteiger partial charge is 0.257 e. The van der Waals surface area contributed by atoms with Gasteiger partial charge >= 0.3 is 0 Å². The third-order valence-electron chi connectivity index (χ3n) is 3.56. The molecule has 3 rings (SSSR count). The summed E-state index contributed by atoms with van der Waals surface area (Å²) in [5, 5.41) is 4.75. The lowest BCUT2D eigenvalue weighted by Gasteiger charge is -2.08. The first kappa shape index (κ1) is 18.1. The molecule has 2 amide bonds. The first-order valence-electron chi connectivity index (χ1n) is 7.71. The van der Waals surface area contributed by atoms with E-state index in [1.165, 1.54) is 42.7 Å². The van der Waals surface area contributed by atoms with E-state index in [9.17, 15) is 22.8 Å². The standard InChI is InChI=1S/C19H12F3N3O2/c20-14-6-5-13(8-16(14)22)24-18(26)11-7-12(10-23-9-11)19(27)25-17-4-2-1-3-15(17)21/h1-10H,(H,24,26)(H,25,27). The van der Waals surface area contributed by atoms with Crippen LogP contribution in [0, 0.1) is 17.5 Å². The van der Waals surface area contributed by atoms with Gasteiger partial charge in [0, 0.05) is 24.1 Å². The molecule has 0 aliphatic rings. The molecular formula is C19H12F3N3O2. The van der Waals surface area contributed by atoms with Gasteiger partial charge in [0.25, 0.3) is 11.8 Å². The van der Waals surface area contributed by atoms with Crippen molar-refractivity contribution in [3.8, 4) is 0 Å². The number of benzene rings is 2. The lowest BCUT2D eigenvalue weighted by atomic mass is 10.1. The van der Waals surface area contributed by atoms with Crippen LogP contribution in [0.3, 0.4) is 0 Å². The Hall–Kier alpha value is -3.68. The Morgan fingerprint density at radius 3 is 2.07 bits per heavy atom. The molecule has 1 heterocycles. The van der Waals surface area contributed by atoms with Crippen LogP contribution in [0.4, 0.5) is 24.5 Å². The van der Waals surface area contributed by atoms with Gasteiger partial charge in [0.2, 0.25) is 0 Å². The molecule has 3 aromatic rings. The zero-order valence-corrected chi connectivity index (χ0v) is 13.7. The maximum Gasteiger partial charge on any atom is 0.257 e. The molecule has 0 aliphatic carbocycles. The maximum atomic E-state index is 13.6. The molecule has 0 radical (unpaired) electrons. The van der Waals surface area contributed by atoms with Crippen molar-refractivity contribution in [2.24, 2.45) is 0 Å². The lowest BCUT2D eigenvalue weighted by Crippen LogP contribution is -2.16. The molecule has 0 saturated heterocycles. The Morgan fingerprint density at radius 2 is 1.41 bits per heavy atom. The number of amides is 2. The number of carbonyl (C=O) groups excluding carboxylic acids is 2. The highest BCUT2D eigenvalue weighted by molar-refractivity contribution is 6.08. The minimum Gasteiger partial charge on any atom is -0.322 e. The number of para-hydroxylation sites is 1. The molecule has 1 aromatic heterocycles. The van der Waals surface area contributed by atoms with Crippen molar-refractivity contribution < 1.29 is 22.8 Å². The quantitative estimate of drug-likeness (QED) is 0.728. The van der Waals surface area contributed by atoms with E-state index in [4.69, 9.17) is 0 Å². The number of rotatable bonds is 4. The summed E-state index contributed by atoms with van der Waals surface area (Å²) in [6.45, 7) is 0. The van der Waals surface area contributed by atoms with Crippen molar-refractivity contribution >= 4 is 23.2 Å². The molecule has 2 aromatic carbocycles. The zero-order chi connectivity index (χ0) is 19.4. The Balaban J connectivity index is 1.76. The van der Waals surface area contributed by atoms with Crippen LogP contribution >= 0.6 is 0 Å². The number of nitrogens with zero attached hydrogens (tertiary/aromatic N) is 1. The van der Waals surface area contributed by atoms with Gasteiger partial charge in [-0.05, 0) is 30.3 Å². The fourth-order valence-corrected chi connectivity index (χ4v) is 2.22. The van der Waals surface area contributed by atoms with Crippen LogP contribution in [0.25, 0.3) is 0 Å². The summed E-state index contributed by atoms with van der Waals surface area (Å²) in [7, 11) is 0. The Labute approximate surface area is 151 Å². The Morgan fingerprint density at radius 1 is 0.741 bits per heavy atom. The summed E-state index contributed by atoms with van der Waals surface area (Å²) in [6.07, 6.45) is 2.42. The van der Waals surface area contributed by atoms with E-state index in [1.807, 2.05) is 0 Å². The van der Waals surface area contributed by atoms with Crippen molar-refractivity contribution in [1.82, 2.24) is 4.98 Å². The summed E-state index contributed by atoms with van der Waals surface area (Å²) in [6, 6.07) is 9.77. The largest absolute Gasteiger partial charge is 0.322 e. The van der Waals surface area contributed by atoms with Gasteiger partial charge in [-0.25, -0.2) is 13.2 Å². The fraction of sp³-hybridized carbons (Fsp3) is 0. The van der Waals surface area contributed by atoms with Gasteiger partial charge in [-0.1, -0.05) is 12.1 Å². The van der Waals surface area contributed by atoms with E-state index in [2.05, 4.69) is 15.6 Å². The summed E-state index contributed by atoms with van der Waals surface area (Å²) >= 11 is 0. The van der Waals surface area contributed by atoms with Gasteiger partial charge in [0.15, 0.2) is 11.6 Å². The van der Waals surface area contributed by atoms with Crippen molar-refractivity contribution in [3.63, 3.8) is 0 Å². The van der Waals surface area contributed by atoms with E-state index in [0.29, 0.717) is 0 Å². The summed E-state index contributed by atoms with van der Waals surface area (Å²) < 4.78 is 39.8. The van der Waals surface area contributed by atoms with Crippen molar-refractivity contribution in [1.29, 1.82) is 0 Å². The molecule has 5 nitrogen and oxygen atoms in total. The molecular weight excluding hydrogens is 359 g/mol. The zero-order valence-electron chi connectivity index (χ0n) is 13.7. The SMILES string of the molecule is O=C(Nc1ccc(F)c(F)c1)c1cncc(C(=O)Nc2ccccc2F)c1. The molecule has 0 spiro atoms. The van der Waals surface area contributed by atoms with E-state index in [-0.39, 0.29) is 22.5 Å². The average molecular weight is 371 g/mol. The molecule has 0 unspecified atom stereocenters. The molecule has 0 fully saturated rings. The molecule has 0 bridgehead atoms. The van der Waals surface area contributed by atoms with Crippen LogP contribution in [-0.2, 0) is 0 Å². The van der Waals surface area contributed by atoms with Crippen LogP contribution < -0.4 is 10.6 Å².